The molecular formula is C15H18N2O3S. The van der Waals surface area contributed by atoms with Crippen LogP contribution in [0.3, 0.4) is 0 Å². The Balaban J connectivity index is 1.82. The van der Waals surface area contributed by atoms with Crippen molar-refractivity contribution in [3.05, 3.63) is 46.8 Å². The molecule has 21 heavy (non-hydrogen) atoms. The summed E-state index contributed by atoms with van der Waals surface area (Å²) in [6.07, 6.45) is 0. The quantitative estimate of drug-likeness (QED) is 0.858. The number of benzene rings is 1. The maximum atomic E-state index is 11.9. The van der Waals surface area contributed by atoms with Gasteiger partial charge in [-0.05, 0) is 31.5 Å². The van der Waals surface area contributed by atoms with E-state index < -0.39 is 0 Å². The first kappa shape index (κ1) is 15.6. The van der Waals surface area contributed by atoms with E-state index in [9.17, 15) is 4.79 Å². The van der Waals surface area contributed by atoms with E-state index in [2.05, 4.69) is 10.5 Å². The summed E-state index contributed by atoms with van der Waals surface area (Å²) in [5.74, 6) is 1.79. The fourth-order valence-electron chi connectivity index (χ4n) is 1.90. The van der Waals surface area contributed by atoms with Crippen molar-refractivity contribution in [3.63, 3.8) is 0 Å². The molecule has 0 spiro atoms. The summed E-state index contributed by atoms with van der Waals surface area (Å²) in [4.78, 5) is 11.9. The number of hydrogen-bond acceptors (Lipinski definition) is 5. The molecule has 6 heteroatoms. The largest absolute Gasteiger partial charge is 0.392 e. The number of nitrogens with one attached hydrogen (secondary N) is 1. The fraction of sp³-hybridized carbons (Fsp3) is 0.333. The summed E-state index contributed by atoms with van der Waals surface area (Å²) >= 11 is 1.52. The smallest absolute Gasteiger partial charge is 0.234 e. The van der Waals surface area contributed by atoms with Crippen LogP contribution in [0.15, 0.2) is 28.8 Å². The van der Waals surface area contributed by atoms with E-state index in [0.29, 0.717) is 17.2 Å². The lowest BCUT2D eigenvalue weighted by Gasteiger charge is -2.06. The van der Waals surface area contributed by atoms with Gasteiger partial charge in [0.15, 0.2) is 0 Å². The molecule has 1 aromatic carbocycles. The van der Waals surface area contributed by atoms with Crippen molar-refractivity contribution in [3.8, 4) is 0 Å². The van der Waals surface area contributed by atoms with Gasteiger partial charge in [0.2, 0.25) is 5.91 Å². The molecule has 2 rings (SSSR count). The highest BCUT2D eigenvalue weighted by Gasteiger charge is 2.10. The molecule has 2 N–H and O–H groups in total. The number of amides is 1. The summed E-state index contributed by atoms with van der Waals surface area (Å²) in [5.41, 5.74) is 3.40. The van der Waals surface area contributed by atoms with Gasteiger partial charge in [0.05, 0.1) is 18.1 Å². The molecule has 0 bridgehead atoms. The number of rotatable bonds is 6. The zero-order chi connectivity index (χ0) is 15.2. The Kier molecular flexibility index (Phi) is 5.41. The molecule has 0 aliphatic heterocycles. The number of aliphatic hydroxyl groups excluding tert-OH is 1. The highest BCUT2D eigenvalue weighted by molar-refractivity contribution is 7.99. The number of aromatic nitrogens is 1. The Morgan fingerprint density at radius 2 is 2.24 bits per heavy atom. The monoisotopic (exact) mass is 306 g/mol. The van der Waals surface area contributed by atoms with Crippen LogP contribution in [0, 0.1) is 13.8 Å². The molecule has 0 radical (unpaired) electrons. The minimum absolute atomic E-state index is 0.0372. The molecule has 0 saturated heterocycles. The van der Waals surface area contributed by atoms with E-state index in [1.165, 1.54) is 11.8 Å². The number of carbonyl (C=O) groups is 1. The van der Waals surface area contributed by atoms with E-state index in [1.807, 2.05) is 19.9 Å². The Labute approximate surface area is 127 Å². The van der Waals surface area contributed by atoms with Gasteiger partial charge in [-0.2, -0.15) is 0 Å². The van der Waals surface area contributed by atoms with Crippen LogP contribution in [0.5, 0.6) is 0 Å². The van der Waals surface area contributed by atoms with Crippen LogP contribution in [0.1, 0.15) is 22.6 Å². The maximum Gasteiger partial charge on any atom is 0.234 e. The van der Waals surface area contributed by atoms with Crippen molar-refractivity contribution in [2.24, 2.45) is 0 Å². The third kappa shape index (κ3) is 4.34. The SMILES string of the molecule is Cc1noc(C)c1CSCC(=O)Nc1cccc(CO)c1. The molecule has 112 valence electrons. The molecule has 0 aliphatic carbocycles. The van der Waals surface area contributed by atoms with Gasteiger partial charge in [0, 0.05) is 17.0 Å². The number of nitrogens with zero attached hydrogens (tertiary/aromatic N) is 1. The lowest BCUT2D eigenvalue weighted by atomic mass is 10.2. The molecule has 0 fully saturated rings. The Morgan fingerprint density at radius 3 is 2.90 bits per heavy atom. The van der Waals surface area contributed by atoms with Crippen LogP contribution < -0.4 is 5.32 Å². The van der Waals surface area contributed by atoms with E-state index in [4.69, 9.17) is 9.63 Å². The fourth-order valence-corrected chi connectivity index (χ4v) is 2.87. The zero-order valence-electron chi connectivity index (χ0n) is 12.0. The van der Waals surface area contributed by atoms with E-state index in [-0.39, 0.29) is 12.5 Å². The Hall–Kier alpha value is -1.79. The van der Waals surface area contributed by atoms with Crippen molar-refractivity contribution < 1.29 is 14.4 Å². The predicted octanol–water partition coefficient (Wildman–Crippen LogP) is 2.66. The zero-order valence-corrected chi connectivity index (χ0v) is 12.9. The summed E-state index contributed by atoms with van der Waals surface area (Å²) in [6, 6.07) is 7.17. The number of aryl methyl sites for hydroxylation is 2. The first-order valence-corrected chi connectivity index (χ1v) is 7.74. The van der Waals surface area contributed by atoms with Gasteiger partial charge in [0.25, 0.3) is 0 Å². The van der Waals surface area contributed by atoms with E-state index >= 15 is 0 Å². The lowest BCUT2D eigenvalue weighted by Crippen LogP contribution is -2.14. The van der Waals surface area contributed by atoms with Gasteiger partial charge in [0.1, 0.15) is 5.76 Å². The molecule has 0 saturated carbocycles. The predicted molar refractivity (Wildman–Crippen MR) is 83.1 cm³/mol. The van der Waals surface area contributed by atoms with Crippen LogP contribution >= 0.6 is 11.8 Å². The second kappa shape index (κ2) is 7.28. The Morgan fingerprint density at radius 1 is 1.43 bits per heavy atom. The molecule has 0 aliphatic rings. The van der Waals surface area contributed by atoms with Gasteiger partial charge in [-0.1, -0.05) is 17.3 Å². The highest BCUT2D eigenvalue weighted by Crippen LogP contribution is 2.19. The first-order valence-electron chi connectivity index (χ1n) is 6.59. The van der Waals surface area contributed by atoms with Gasteiger partial charge < -0.3 is 14.9 Å². The van der Waals surface area contributed by atoms with Crippen LogP contribution in [0.2, 0.25) is 0 Å². The van der Waals surface area contributed by atoms with Crippen molar-refractivity contribution in [1.29, 1.82) is 0 Å². The molecular weight excluding hydrogens is 288 g/mol. The number of anilines is 1. The van der Waals surface area contributed by atoms with E-state index in [0.717, 1.165) is 22.6 Å². The number of carbonyl (C=O) groups excluding carboxylic acids is 1. The standard InChI is InChI=1S/C15H18N2O3S/c1-10-14(11(2)20-17-10)8-21-9-15(19)16-13-5-3-4-12(6-13)7-18/h3-6,18H,7-9H2,1-2H3,(H,16,19). The van der Waals surface area contributed by atoms with Crippen molar-refractivity contribution in [2.45, 2.75) is 26.2 Å². The molecule has 1 amide bonds. The van der Waals surface area contributed by atoms with Crippen LogP contribution in [-0.4, -0.2) is 21.9 Å². The Bertz CT molecular complexity index is 606. The van der Waals surface area contributed by atoms with Crippen LogP contribution in [0.4, 0.5) is 5.69 Å². The number of thioether (sulfide) groups is 1. The molecule has 1 aromatic heterocycles. The molecule has 2 aromatic rings. The second-order valence-electron chi connectivity index (χ2n) is 4.70. The average molecular weight is 306 g/mol. The van der Waals surface area contributed by atoms with Crippen LogP contribution in [-0.2, 0) is 17.2 Å². The second-order valence-corrected chi connectivity index (χ2v) is 5.69. The van der Waals surface area contributed by atoms with Gasteiger partial charge in [-0.3, -0.25) is 4.79 Å². The summed E-state index contributed by atoms with van der Waals surface area (Å²) in [6.45, 7) is 3.73. The van der Waals surface area contributed by atoms with Gasteiger partial charge in [-0.15, -0.1) is 11.8 Å². The first-order chi connectivity index (χ1) is 10.1. The average Bonchev–Trinajstić information content (AvgIpc) is 2.79. The molecule has 5 nitrogen and oxygen atoms in total. The topological polar surface area (TPSA) is 75.4 Å². The minimum Gasteiger partial charge on any atom is -0.392 e. The third-order valence-corrected chi connectivity index (χ3v) is 4.01. The summed E-state index contributed by atoms with van der Waals surface area (Å²) in [5, 5.41) is 15.8. The molecule has 0 unspecified atom stereocenters. The third-order valence-electron chi connectivity index (χ3n) is 3.05. The van der Waals surface area contributed by atoms with Crippen molar-refractivity contribution in [2.75, 3.05) is 11.1 Å². The minimum atomic E-state index is -0.0677. The van der Waals surface area contributed by atoms with Crippen molar-refractivity contribution in [1.82, 2.24) is 5.16 Å². The maximum absolute atomic E-state index is 11.9. The summed E-state index contributed by atoms with van der Waals surface area (Å²) in [7, 11) is 0. The highest BCUT2D eigenvalue weighted by atomic mass is 32.2. The van der Waals surface area contributed by atoms with E-state index in [1.54, 1.807) is 18.2 Å². The number of aliphatic hydroxyl groups is 1. The number of hydrogen-bond donors (Lipinski definition) is 2. The van der Waals surface area contributed by atoms with Gasteiger partial charge in [-0.25, -0.2) is 0 Å². The normalized spacial score (nSPS) is 10.6. The van der Waals surface area contributed by atoms with Gasteiger partial charge >= 0.3 is 0 Å². The lowest BCUT2D eigenvalue weighted by molar-refractivity contribution is -0.113. The van der Waals surface area contributed by atoms with Crippen molar-refractivity contribution >= 4 is 23.4 Å². The molecule has 1 heterocycles. The summed E-state index contributed by atoms with van der Waals surface area (Å²) < 4.78 is 5.09. The molecule has 0 atom stereocenters. The van der Waals surface area contributed by atoms with Crippen LogP contribution in [0.25, 0.3) is 0 Å².